The first-order chi connectivity index (χ1) is 12.1. The molecule has 1 N–H and O–H groups in total. The summed E-state index contributed by atoms with van der Waals surface area (Å²) in [5, 5.41) is 3.86. The molecule has 3 rings (SSSR count). The summed E-state index contributed by atoms with van der Waals surface area (Å²) in [5.41, 5.74) is 1.49. The zero-order chi connectivity index (χ0) is 17.7. The van der Waals surface area contributed by atoms with Gasteiger partial charge >= 0.3 is 0 Å². The number of hydrogen-bond donors (Lipinski definition) is 1. The largest absolute Gasteiger partial charge is 0.381 e. The molecule has 140 valence electrons. The highest BCUT2D eigenvalue weighted by atomic mass is 16.5. The number of nitrogens with one attached hydrogen (secondary N) is 1. The maximum absolute atomic E-state index is 5.69. The van der Waals surface area contributed by atoms with E-state index in [9.17, 15) is 0 Å². The zero-order valence-corrected chi connectivity index (χ0v) is 16.0. The number of benzene rings is 1. The average Bonchev–Trinajstić information content (AvgIpc) is 3.18. The van der Waals surface area contributed by atoms with E-state index in [1.807, 2.05) is 0 Å². The van der Waals surface area contributed by atoms with Gasteiger partial charge in [-0.3, -0.25) is 4.90 Å². The number of nitrogens with zero attached hydrogens (tertiary/aromatic N) is 1. The fourth-order valence-corrected chi connectivity index (χ4v) is 4.03. The molecular formula is C21H34N2O2. The van der Waals surface area contributed by atoms with Gasteiger partial charge in [0.25, 0.3) is 0 Å². The zero-order valence-electron chi connectivity index (χ0n) is 16.0. The first-order valence-electron chi connectivity index (χ1n) is 9.77. The molecule has 0 aliphatic carbocycles. The highest BCUT2D eigenvalue weighted by molar-refractivity contribution is 5.25. The standard InChI is InChI=1S/C21H34N2O2/c1-17(21(2,3)19-7-5-4-6-8-19)22-15-20(18-9-12-25-16-18)23-10-13-24-14-11-23/h4-8,17-18,20,22H,9-16H2,1-3H3/t17-,18-,20-/m0/s1. The van der Waals surface area contributed by atoms with Crippen LogP contribution < -0.4 is 5.32 Å². The van der Waals surface area contributed by atoms with Gasteiger partial charge in [0.2, 0.25) is 0 Å². The lowest BCUT2D eigenvalue weighted by Gasteiger charge is -2.40. The smallest absolute Gasteiger partial charge is 0.0594 e. The second-order valence-electron chi connectivity index (χ2n) is 8.06. The summed E-state index contributed by atoms with van der Waals surface area (Å²) < 4.78 is 11.2. The van der Waals surface area contributed by atoms with E-state index in [1.54, 1.807) is 0 Å². The summed E-state index contributed by atoms with van der Waals surface area (Å²) >= 11 is 0. The molecular weight excluding hydrogens is 312 g/mol. The van der Waals surface area contributed by atoms with Crippen molar-refractivity contribution in [3.8, 4) is 0 Å². The highest BCUT2D eigenvalue weighted by Gasteiger charge is 2.33. The Bertz CT molecular complexity index is 508. The minimum atomic E-state index is 0.100. The van der Waals surface area contributed by atoms with Crippen molar-refractivity contribution >= 4 is 0 Å². The molecule has 25 heavy (non-hydrogen) atoms. The van der Waals surface area contributed by atoms with Crippen molar-refractivity contribution in [3.05, 3.63) is 35.9 Å². The highest BCUT2D eigenvalue weighted by Crippen LogP contribution is 2.28. The molecule has 1 aromatic rings. The summed E-state index contributed by atoms with van der Waals surface area (Å²) in [5.74, 6) is 0.637. The summed E-state index contributed by atoms with van der Waals surface area (Å²) in [7, 11) is 0. The van der Waals surface area contributed by atoms with Crippen molar-refractivity contribution in [3.63, 3.8) is 0 Å². The number of rotatable bonds is 7. The van der Waals surface area contributed by atoms with Crippen LogP contribution in [0.2, 0.25) is 0 Å². The third-order valence-corrected chi connectivity index (χ3v) is 6.26. The van der Waals surface area contributed by atoms with Gasteiger partial charge in [-0.2, -0.15) is 0 Å². The van der Waals surface area contributed by atoms with Crippen molar-refractivity contribution in [2.45, 2.75) is 44.7 Å². The molecule has 0 unspecified atom stereocenters. The van der Waals surface area contributed by atoms with E-state index in [2.05, 4.69) is 61.3 Å². The Morgan fingerprint density at radius 2 is 1.84 bits per heavy atom. The van der Waals surface area contributed by atoms with E-state index in [0.717, 1.165) is 46.1 Å². The Balaban J connectivity index is 1.63. The molecule has 0 spiro atoms. The monoisotopic (exact) mass is 346 g/mol. The van der Waals surface area contributed by atoms with Gasteiger partial charge in [0.15, 0.2) is 0 Å². The minimum absolute atomic E-state index is 0.100. The molecule has 2 fully saturated rings. The van der Waals surface area contributed by atoms with Crippen LogP contribution in [-0.4, -0.2) is 63.0 Å². The van der Waals surface area contributed by atoms with Crippen LogP contribution in [0, 0.1) is 5.92 Å². The van der Waals surface area contributed by atoms with Gasteiger partial charge in [-0.25, -0.2) is 0 Å². The third kappa shape index (κ3) is 4.62. The summed E-state index contributed by atoms with van der Waals surface area (Å²) in [6.45, 7) is 13.6. The molecule has 0 saturated carbocycles. The molecule has 4 nitrogen and oxygen atoms in total. The first-order valence-corrected chi connectivity index (χ1v) is 9.77. The summed E-state index contributed by atoms with van der Waals surface area (Å²) in [6.07, 6.45) is 1.18. The predicted molar refractivity (Wildman–Crippen MR) is 102 cm³/mol. The number of ether oxygens (including phenoxy) is 2. The van der Waals surface area contributed by atoms with Crippen molar-refractivity contribution in [2.24, 2.45) is 5.92 Å². The van der Waals surface area contributed by atoms with E-state index < -0.39 is 0 Å². The van der Waals surface area contributed by atoms with Crippen LogP contribution in [0.4, 0.5) is 0 Å². The van der Waals surface area contributed by atoms with E-state index in [-0.39, 0.29) is 5.41 Å². The molecule has 1 aromatic carbocycles. The minimum Gasteiger partial charge on any atom is -0.381 e. The molecule has 0 bridgehead atoms. The first kappa shape index (κ1) is 18.8. The molecule has 2 heterocycles. The lowest BCUT2D eigenvalue weighted by Crippen LogP contribution is -2.54. The molecule has 3 atom stereocenters. The van der Waals surface area contributed by atoms with Crippen LogP contribution in [0.15, 0.2) is 30.3 Å². The molecule has 2 aliphatic rings. The lowest BCUT2D eigenvalue weighted by molar-refractivity contribution is 0.000430. The van der Waals surface area contributed by atoms with Crippen LogP contribution >= 0.6 is 0 Å². The fraction of sp³-hybridized carbons (Fsp3) is 0.714. The second-order valence-corrected chi connectivity index (χ2v) is 8.06. The van der Waals surface area contributed by atoms with Gasteiger partial charge in [0.1, 0.15) is 0 Å². The molecule has 4 heteroatoms. The van der Waals surface area contributed by atoms with Crippen LogP contribution in [0.3, 0.4) is 0 Å². The molecule has 2 saturated heterocycles. The average molecular weight is 347 g/mol. The summed E-state index contributed by atoms with van der Waals surface area (Å²) in [6, 6.07) is 11.8. The van der Waals surface area contributed by atoms with Crippen LogP contribution in [0.1, 0.15) is 32.8 Å². The van der Waals surface area contributed by atoms with Gasteiger partial charge in [-0.15, -0.1) is 0 Å². The lowest BCUT2D eigenvalue weighted by atomic mass is 9.78. The van der Waals surface area contributed by atoms with Crippen molar-refractivity contribution in [2.75, 3.05) is 46.1 Å². The normalized spacial score (nSPS) is 25.0. The molecule has 0 amide bonds. The Morgan fingerprint density at radius 1 is 1.12 bits per heavy atom. The van der Waals surface area contributed by atoms with Crippen molar-refractivity contribution in [1.82, 2.24) is 10.2 Å². The van der Waals surface area contributed by atoms with Gasteiger partial charge < -0.3 is 14.8 Å². The quantitative estimate of drug-likeness (QED) is 0.823. The van der Waals surface area contributed by atoms with E-state index in [0.29, 0.717) is 18.0 Å². The predicted octanol–water partition coefficient (Wildman–Crippen LogP) is 2.68. The van der Waals surface area contributed by atoms with E-state index >= 15 is 0 Å². The molecule has 0 aromatic heterocycles. The fourth-order valence-electron chi connectivity index (χ4n) is 4.03. The SMILES string of the molecule is C[C@H](NC[C@@H]([C@H]1CCOC1)N1CCOCC1)C(C)(C)c1ccccc1. The van der Waals surface area contributed by atoms with Crippen LogP contribution in [0.25, 0.3) is 0 Å². The van der Waals surface area contributed by atoms with Gasteiger partial charge in [-0.1, -0.05) is 44.2 Å². The van der Waals surface area contributed by atoms with Gasteiger partial charge in [0.05, 0.1) is 19.8 Å². The van der Waals surface area contributed by atoms with E-state index in [1.165, 1.54) is 12.0 Å². The number of hydrogen-bond acceptors (Lipinski definition) is 4. The Morgan fingerprint density at radius 3 is 2.48 bits per heavy atom. The van der Waals surface area contributed by atoms with E-state index in [4.69, 9.17) is 9.47 Å². The Labute approximate surface area is 152 Å². The van der Waals surface area contributed by atoms with Gasteiger partial charge in [-0.05, 0) is 18.9 Å². The molecule has 2 aliphatic heterocycles. The topological polar surface area (TPSA) is 33.7 Å². The number of morpholine rings is 1. The summed E-state index contributed by atoms with van der Waals surface area (Å²) in [4.78, 5) is 2.61. The Hall–Kier alpha value is -0.940. The van der Waals surface area contributed by atoms with Gasteiger partial charge in [0, 0.05) is 49.7 Å². The maximum Gasteiger partial charge on any atom is 0.0594 e. The second kappa shape index (κ2) is 8.63. The maximum atomic E-state index is 5.69. The van der Waals surface area contributed by atoms with Crippen molar-refractivity contribution < 1.29 is 9.47 Å². The Kier molecular flexibility index (Phi) is 6.50. The van der Waals surface area contributed by atoms with Crippen molar-refractivity contribution in [1.29, 1.82) is 0 Å². The third-order valence-electron chi connectivity index (χ3n) is 6.26. The molecule has 0 radical (unpaired) electrons. The van der Waals surface area contributed by atoms with Crippen LogP contribution in [0.5, 0.6) is 0 Å². The van der Waals surface area contributed by atoms with Crippen LogP contribution in [-0.2, 0) is 14.9 Å².